The normalized spacial score (nSPS) is 21.4. The molecule has 2 atom stereocenters. The highest BCUT2D eigenvalue weighted by Crippen LogP contribution is 2.26. The zero-order valence-electron chi connectivity index (χ0n) is 25.5. The maximum atomic E-state index is 13.6. The first kappa shape index (κ1) is 32.0. The Morgan fingerprint density at radius 1 is 1.18 bits per heavy atom. The number of benzene rings is 1. The fraction of sp³-hybridized carbons (Fsp3) is 0.581. The highest BCUT2D eigenvalue weighted by Gasteiger charge is 2.36. The standard InChI is InChI=1S/C31H42BN5O7/c1-31(2,36-13-11-35(12-14-36)25-19-42-20-25)16-23(17-33)29(38)37-10-6-5-7-24(37)21-44-30(39)34-28(32(40)41)15-22-18-43-27-9-4-3-8-26(22)27/h3-4,8-9,16,18,24-25,28,40-41H,5-7,10-15,19-21H2,1-2H3,(H,34,39)/t24-,28+/m1/s1. The van der Waals surface area contributed by atoms with Crippen LogP contribution in [0.3, 0.4) is 0 Å². The zero-order chi connectivity index (χ0) is 31.3. The molecule has 12 nitrogen and oxygen atoms in total. The van der Waals surface area contributed by atoms with Crippen molar-refractivity contribution in [3.8, 4) is 6.07 Å². The van der Waals surface area contributed by atoms with Gasteiger partial charge in [-0.2, -0.15) is 5.26 Å². The number of carbonyl (C=O) groups is 2. The van der Waals surface area contributed by atoms with Crippen LogP contribution in [0.4, 0.5) is 4.79 Å². The van der Waals surface area contributed by atoms with Gasteiger partial charge in [0.2, 0.25) is 0 Å². The third kappa shape index (κ3) is 7.45. The molecule has 236 valence electrons. The average molecular weight is 608 g/mol. The lowest BCUT2D eigenvalue weighted by Crippen LogP contribution is -2.59. The van der Waals surface area contributed by atoms with Crippen molar-refractivity contribution in [2.75, 3.05) is 52.5 Å². The minimum absolute atomic E-state index is 0.0740. The molecular weight excluding hydrogens is 565 g/mol. The molecule has 0 unspecified atom stereocenters. The second-order valence-electron chi connectivity index (χ2n) is 12.4. The third-order valence-electron chi connectivity index (χ3n) is 9.07. The summed E-state index contributed by atoms with van der Waals surface area (Å²) in [6, 6.07) is 9.58. The molecule has 3 aliphatic rings. The van der Waals surface area contributed by atoms with E-state index in [1.165, 1.54) is 6.26 Å². The number of nitriles is 1. The van der Waals surface area contributed by atoms with Crippen LogP contribution in [0.25, 0.3) is 11.0 Å². The topological polar surface area (TPSA) is 152 Å². The Kier molecular flexibility index (Phi) is 10.3. The van der Waals surface area contributed by atoms with Gasteiger partial charge in [-0.05, 0) is 57.2 Å². The van der Waals surface area contributed by atoms with Crippen LogP contribution in [0, 0.1) is 11.3 Å². The first-order valence-electron chi connectivity index (χ1n) is 15.4. The number of fused-ring (bicyclic) bond motifs is 1. The summed E-state index contributed by atoms with van der Waals surface area (Å²) in [4.78, 5) is 32.8. The Morgan fingerprint density at radius 3 is 2.61 bits per heavy atom. The van der Waals surface area contributed by atoms with Crippen molar-refractivity contribution in [2.45, 2.75) is 63.1 Å². The van der Waals surface area contributed by atoms with E-state index in [0.717, 1.165) is 63.2 Å². The molecule has 3 fully saturated rings. The highest BCUT2D eigenvalue weighted by atomic mass is 16.5. The van der Waals surface area contributed by atoms with Crippen LogP contribution in [0.5, 0.6) is 0 Å². The van der Waals surface area contributed by atoms with Gasteiger partial charge >= 0.3 is 13.2 Å². The van der Waals surface area contributed by atoms with E-state index in [-0.39, 0.29) is 24.5 Å². The molecule has 1 aromatic heterocycles. The number of hydrogen-bond donors (Lipinski definition) is 3. The zero-order valence-corrected chi connectivity index (χ0v) is 25.5. The molecule has 2 aromatic rings. The van der Waals surface area contributed by atoms with E-state index in [9.17, 15) is 24.9 Å². The third-order valence-corrected chi connectivity index (χ3v) is 9.07. The molecule has 1 aromatic carbocycles. The van der Waals surface area contributed by atoms with Gasteiger partial charge in [-0.1, -0.05) is 18.2 Å². The van der Waals surface area contributed by atoms with Crippen molar-refractivity contribution in [2.24, 2.45) is 0 Å². The Bertz CT molecular complexity index is 1380. The molecule has 0 bridgehead atoms. The summed E-state index contributed by atoms with van der Waals surface area (Å²) < 4.78 is 16.3. The van der Waals surface area contributed by atoms with Crippen molar-refractivity contribution in [1.29, 1.82) is 5.26 Å². The minimum atomic E-state index is -1.83. The molecule has 0 radical (unpaired) electrons. The van der Waals surface area contributed by atoms with Crippen LogP contribution in [0.1, 0.15) is 38.7 Å². The Morgan fingerprint density at radius 2 is 1.93 bits per heavy atom. The van der Waals surface area contributed by atoms with Gasteiger partial charge in [0.1, 0.15) is 23.8 Å². The summed E-state index contributed by atoms with van der Waals surface area (Å²) in [6.07, 6.45) is 4.88. The number of para-hydroxylation sites is 1. The van der Waals surface area contributed by atoms with Crippen LogP contribution in [0.15, 0.2) is 46.6 Å². The number of amides is 2. The smallest absolute Gasteiger partial charge is 0.464 e. The molecule has 3 aliphatic heterocycles. The van der Waals surface area contributed by atoms with E-state index >= 15 is 0 Å². The van der Waals surface area contributed by atoms with Gasteiger partial charge in [0.15, 0.2) is 0 Å². The minimum Gasteiger partial charge on any atom is -0.464 e. The van der Waals surface area contributed by atoms with Gasteiger partial charge in [-0.25, -0.2) is 4.79 Å². The maximum absolute atomic E-state index is 13.6. The van der Waals surface area contributed by atoms with E-state index < -0.39 is 30.7 Å². The molecule has 0 spiro atoms. The summed E-state index contributed by atoms with van der Waals surface area (Å²) in [5.74, 6) is -1.40. The van der Waals surface area contributed by atoms with Gasteiger partial charge in [0.05, 0.1) is 37.5 Å². The molecule has 0 aliphatic carbocycles. The predicted molar refractivity (Wildman–Crippen MR) is 163 cm³/mol. The molecule has 0 saturated carbocycles. The molecule has 4 heterocycles. The van der Waals surface area contributed by atoms with E-state index in [2.05, 4.69) is 21.2 Å². The fourth-order valence-electron chi connectivity index (χ4n) is 6.30. The van der Waals surface area contributed by atoms with Crippen molar-refractivity contribution < 1.29 is 33.5 Å². The van der Waals surface area contributed by atoms with Crippen LogP contribution in [0.2, 0.25) is 0 Å². The molecular formula is C31H42BN5O7. The number of hydrogen-bond acceptors (Lipinski definition) is 10. The van der Waals surface area contributed by atoms with E-state index in [1.807, 2.05) is 38.1 Å². The number of nitrogens with one attached hydrogen (secondary N) is 1. The number of piperidine rings is 1. The van der Waals surface area contributed by atoms with Crippen LogP contribution in [-0.4, -0.2) is 120 Å². The van der Waals surface area contributed by atoms with Crippen molar-refractivity contribution in [1.82, 2.24) is 20.0 Å². The summed E-state index contributed by atoms with van der Waals surface area (Å²) >= 11 is 0. The highest BCUT2D eigenvalue weighted by molar-refractivity contribution is 6.43. The number of piperazine rings is 1. The molecule has 5 rings (SSSR count). The van der Waals surface area contributed by atoms with Crippen molar-refractivity contribution >= 4 is 30.1 Å². The Balaban J connectivity index is 1.17. The maximum Gasteiger partial charge on any atom is 0.475 e. The summed E-state index contributed by atoms with van der Waals surface area (Å²) in [7, 11) is -1.83. The Hall–Kier alpha value is -3.41. The quantitative estimate of drug-likeness (QED) is 0.207. The van der Waals surface area contributed by atoms with Gasteiger partial charge in [0, 0.05) is 43.6 Å². The van der Waals surface area contributed by atoms with Crippen LogP contribution < -0.4 is 5.32 Å². The predicted octanol–water partition coefficient (Wildman–Crippen LogP) is 1.71. The number of likely N-dealkylation sites (tertiary alicyclic amines) is 1. The molecule has 3 saturated heterocycles. The van der Waals surface area contributed by atoms with Gasteiger partial charge in [0.25, 0.3) is 5.91 Å². The second-order valence-corrected chi connectivity index (χ2v) is 12.4. The second kappa shape index (κ2) is 14.1. The molecule has 13 heteroatoms. The largest absolute Gasteiger partial charge is 0.475 e. The van der Waals surface area contributed by atoms with Gasteiger partial charge in [-0.15, -0.1) is 0 Å². The fourth-order valence-corrected chi connectivity index (χ4v) is 6.30. The van der Waals surface area contributed by atoms with Crippen LogP contribution >= 0.6 is 0 Å². The van der Waals surface area contributed by atoms with E-state index in [4.69, 9.17) is 13.9 Å². The molecule has 3 N–H and O–H groups in total. The van der Waals surface area contributed by atoms with Gasteiger partial charge in [-0.3, -0.25) is 14.6 Å². The lowest BCUT2D eigenvalue weighted by molar-refractivity contribution is -0.131. The SMILES string of the molecule is CC(C)(C=C(C#N)C(=O)N1CCCC[C@@H]1COC(=O)N[C@@H](Cc1coc2ccccc12)B(O)O)N1CCN(C2COC2)CC1. The lowest BCUT2D eigenvalue weighted by Gasteiger charge is -2.46. The van der Waals surface area contributed by atoms with Crippen LogP contribution in [-0.2, 0) is 20.7 Å². The summed E-state index contributed by atoms with van der Waals surface area (Å²) in [6.45, 7) is 9.51. The summed E-state index contributed by atoms with van der Waals surface area (Å²) in [5.41, 5.74) is 0.966. The number of nitrogens with zero attached hydrogens (tertiary/aromatic N) is 4. The number of alkyl carbamates (subject to hydrolysis) is 1. The first-order valence-corrected chi connectivity index (χ1v) is 15.4. The molecule has 2 amide bonds. The van der Waals surface area contributed by atoms with Gasteiger partial charge < -0.3 is 34.2 Å². The number of rotatable bonds is 10. The monoisotopic (exact) mass is 607 g/mol. The Labute approximate surface area is 258 Å². The van der Waals surface area contributed by atoms with E-state index in [0.29, 0.717) is 24.6 Å². The number of furan rings is 1. The van der Waals surface area contributed by atoms with Crippen molar-refractivity contribution in [3.05, 3.63) is 47.7 Å². The first-order chi connectivity index (χ1) is 21.2. The van der Waals surface area contributed by atoms with Crippen molar-refractivity contribution in [3.63, 3.8) is 0 Å². The summed E-state index contributed by atoms with van der Waals surface area (Å²) in [5, 5.41) is 33.3. The lowest BCUT2D eigenvalue weighted by atomic mass is 9.76. The number of ether oxygens (including phenoxy) is 2. The number of carbonyl (C=O) groups excluding carboxylic acids is 2. The molecule has 44 heavy (non-hydrogen) atoms. The van der Waals surface area contributed by atoms with E-state index in [1.54, 1.807) is 11.0 Å². The average Bonchev–Trinajstić information content (AvgIpc) is 3.40.